The second-order valence-electron chi connectivity index (χ2n) is 1.73. The summed E-state index contributed by atoms with van der Waals surface area (Å²) in [6.45, 7) is 1.47. The van der Waals surface area contributed by atoms with Gasteiger partial charge in [0.2, 0.25) is 5.82 Å². The minimum atomic E-state index is -0.708. The Bertz CT molecular complexity index is 267. The van der Waals surface area contributed by atoms with E-state index in [1.807, 2.05) is 0 Å². The van der Waals surface area contributed by atoms with Crippen LogP contribution in [0.15, 0.2) is 6.20 Å². The molecule has 1 aromatic heterocycles. The topological polar surface area (TPSA) is 81.2 Å². The largest absolute Gasteiger partial charge is 0.381 e. The maximum atomic E-state index is 10.0. The summed E-state index contributed by atoms with van der Waals surface area (Å²) in [5, 5.41) is 18.8. The maximum absolute atomic E-state index is 10.0. The Morgan fingerprint density at radius 1 is 1.90 bits per heavy atom. The number of hydrogen-bond donors (Lipinski definition) is 1. The Morgan fingerprint density at radius 2 is 2.50 bits per heavy atom. The van der Waals surface area contributed by atoms with Crippen molar-refractivity contribution < 1.29 is 10.1 Å². The zero-order chi connectivity index (χ0) is 7.72. The molecular weight excluding hydrogens is 138 g/mol. The number of rotatable bonds is 1. The Kier molecular flexibility index (Phi) is 1.29. The fourth-order valence-corrected chi connectivity index (χ4v) is 0.551. The Labute approximate surface area is 55.8 Å². The molecule has 1 heterocycles. The van der Waals surface area contributed by atoms with E-state index in [4.69, 9.17) is 5.21 Å². The fraction of sp³-hybridized carbons (Fsp3) is 0.250. The molecule has 0 amide bonds. The molecule has 54 valence electrons. The third-order valence-corrected chi connectivity index (χ3v) is 1.08. The van der Waals surface area contributed by atoms with Gasteiger partial charge in [0.15, 0.2) is 0 Å². The van der Waals surface area contributed by atoms with E-state index in [9.17, 15) is 10.1 Å². The van der Waals surface area contributed by atoms with Gasteiger partial charge in [-0.05, 0) is 9.65 Å². The van der Waals surface area contributed by atoms with Crippen LogP contribution >= 0.6 is 0 Å². The summed E-state index contributed by atoms with van der Waals surface area (Å²) in [6, 6.07) is 0. The molecule has 0 aliphatic carbocycles. The first-order chi connectivity index (χ1) is 4.63. The van der Waals surface area contributed by atoms with Crippen LogP contribution in [0.4, 0.5) is 5.82 Å². The minimum Gasteiger partial charge on any atom is -0.358 e. The van der Waals surface area contributed by atoms with E-state index in [-0.39, 0.29) is 5.82 Å². The van der Waals surface area contributed by atoms with E-state index >= 15 is 0 Å². The van der Waals surface area contributed by atoms with Gasteiger partial charge < -0.3 is 15.3 Å². The number of hydrogen-bond acceptors (Lipinski definition) is 4. The lowest BCUT2D eigenvalue weighted by Gasteiger charge is -1.89. The quantitative estimate of drug-likeness (QED) is 0.349. The standard InChI is InChI=1S/C4H5N3O3/c1-3-5-2-4(6(3)8)7(9)10/h2,8H,1H3. The fourth-order valence-electron chi connectivity index (χ4n) is 0.551. The molecule has 0 radical (unpaired) electrons. The first-order valence-corrected chi connectivity index (χ1v) is 2.51. The van der Waals surface area contributed by atoms with Crippen molar-refractivity contribution in [3.8, 4) is 0 Å². The molecule has 0 aromatic carbocycles. The van der Waals surface area contributed by atoms with E-state index < -0.39 is 10.7 Å². The molecule has 0 bridgehead atoms. The van der Waals surface area contributed by atoms with Gasteiger partial charge in [0.05, 0.1) is 0 Å². The molecule has 0 unspecified atom stereocenters. The van der Waals surface area contributed by atoms with E-state index in [0.29, 0.717) is 4.73 Å². The smallest absolute Gasteiger partial charge is 0.358 e. The van der Waals surface area contributed by atoms with Crippen LogP contribution in [0.25, 0.3) is 0 Å². The van der Waals surface area contributed by atoms with Gasteiger partial charge in [0.1, 0.15) is 6.20 Å². The maximum Gasteiger partial charge on any atom is 0.381 e. The lowest BCUT2D eigenvalue weighted by atomic mass is 10.7. The summed E-state index contributed by atoms with van der Waals surface area (Å²) in [6.07, 6.45) is 0.995. The molecule has 1 rings (SSSR count). The van der Waals surface area contributed by atoms with Crippen molar-refractivity contribution in [3.63, 3.8) is 0 Å². The zero-order valence-electron chi connectivity index (χ0n) is 5.18. The van der Waals surface area contributed by atoms with Crippen LogP contribution in [0, 0.1) is 17.0 Å². The predicted octanol–water partition coefficient (Wildman–Crippen LogP) is 0.337. The minimum absolute atomic E-state index is 0.201. The van der Waals surface area contributed by atoms with Gasteiger partial charge in [-0.2, -0.15) is 0 Å². The Balaban J connectivity index is 3.17. The third-order valence-electron chi connectivity index (χ3n) is 1.08. The summed E-state index contributed by atoms with van der Waals surface area (Å²) in [4.78, 5) is 12.8. The Morgan fingerprint density at radius 3 is 2.70 bits per heavy atom. The summed E-state index contributed by atoms with van der Waals surface area (Å²) >= 11 is 0. The molecule has 0 saturated carbocycles. The van der Waals surface area contributed by atoms with E-state index in [0.717, 1.165) is 6.20 Å². The van der Waals surface area contributed by atoms with Gasteiger partial charge >= 0.3 is 5.82 Å². The molecule has 0 spiro atoms. The molecule has 1 N–H and O–H groups in total. The van der Waals surface area contributed by atoms with Crippen molar-refractivity contribution in [3.05, 3.63) is 22.1 Å². The average Bonchev–Trinajstić information content (AvgIpc) is 2.14. The third kappa shape index (κ3) is 0.790. The molecule has 0 aliphatic rings. The lowest BCUT2D eigenvalue weighted by Crippen LogP contribution is -1.99. The number of nitro groups is 1. The predicted molar refractivity (Wildman–Crippen MR) is 30.8 cm³/mol. The second-order valence-corrected chi connectivity index (χ2v) is 1.73. The van der Waals surface area contributed by atoms with Crippen molar-refractivity contribution >= 4 is 5.82 Å². The van der Waals surface area contributed by atoms with Crippen LogP contribution in [-0.4, -0.2) is 19.8 Å². The highest BCUT2D eigenvalue weighted by Crippen LogP contribution is 2.09. The van der Waals surface area contributed by atoms with Gasteiger partial charge in [-0.25, -0.2) is 4.98 Å². The van der Waals surface area contributed by atoms with E-state index in [2.05, 4.69) is 4.98 Å². The molecule has 0 fully saturated rings. The van der Waals surface area contributed by atoms with E-state index in [1.165, 1.54) is 6.92 Å². The monoisotopic (exact) mass is 143 g/mol. The molecule has 6 nitrogen and oxygen atoms in total. The van der Waals surface area contributed by atoms with Crippen molar-refractivity contribution in [2.24, 2.45) is 0 Å². The van der Waals surface area contributed by atoms with Gasteiger partial charge in [0.25, 0.3) is 0 Å². The molecule has 0 atom stereocenters. The summed E-state index contributed by atoms with van der Waals surface area (Å²) < 4.78 is 0.431. The highest BCUT2D eigenvalue weighted by Gasteiger charge is 2.15. The lowest BCUT2D eigenvalue weighted by molar-refractivity contribution is -0.397. The SMILES string of the molecule is Cc1ncc([N+](=O)[O-])n1O. The van der Waals surface area contributed by atoms with Gasteiger partial charge in [-0.15, -0.1) is 0 Å². The molecule has 0 saturated heterocycles. The molecule has 0 aliphatic heterocycles. The van der Waals surface area contributed by atoms with Crippen LogP contribution in [-0.2, 0) is 0 Å². The van der Waals surface area contributed by atoms with Crippen LogP contribution in [0.5, 0.6) is 0 Å². The van der Waals surface area contributed by atoms with Crippen molar-refractivity contribution in [2.45, 2.75) is 6.92 Å². The molecule has 10 heavy (non-hydrogen) atoms. The number of imidazole rings is 1. The van der Waals surface area contributed by atoms with Gasteiger partial charge in [-0.1, -0.05) is 0 Å². The Hall–Kier alpha value is -1.59. The summed E-state index contributed by atoms with van der Waals surface area (Å²) in [5.41, 5.74) is 0. The number of aryl methyl sites for hydroxylation is 1. The molecular formula is C4H5N3O3. The normalized spacial score (nSPS) is 9.70. The van der Waals surface area contributed by atoms with Crippen molar-refractivity contribution in [2.75, 3.05) is 0 Å². The van der Waals surface area contributed by atoms with Crippen LogP contribution in [0.3, 0.4) is 0 Å². The molecule has 1 aromatic rings. The van der Waals surface area contributed by atoms with Crippen molar-refractivity contribution in [1.29, 1.82) is 0 Å². The highest BCUT2D eigenvalue weighted by atomic mass is 16.6. The second kappa shape index (κ2) is 1.98. The van der Waals surface area contributed by atoms with Crippen LogP contribution in [0.2, 0.25) is 0 Å². The van der Waals surface area contributed by atoms with E-state index in [1.54, 1.807) is 0 Å². The van der Waals surface area contributed by atoms with Crippen LogP contribution < -0.4 is 0 Å². The van der Waals surface area contributed by atoms with Gasteiger partial charge in [0, 0.05) is 6.92 Å². The number of aromatic nitrogens is 2. The molecule has 6 heteroatoms. The summed E-state index contributed by atoms with van der Waals surface area (Å²) in [7, 11) is 0. The average molecular weight is 143 g/mol. The zero-order valence-corrected chi connectivity index (χ0v) is 5.18. The van der Waals surface area contributed by atoms with Crippen LogP contribution in [0.1, 0.15) is 5.82 Å². The highest BCUT2D eigenvalue weighted by molar-refractivity contribution is 5.16. The van der Waals surface area contributed by atoms with Crippen molar-refractivity contribution in [1.82, 2.24) is 9.71 Å². The van der Waals surface area contributed by atoms with Gasteiger partial charge in [-0.3, -0.25) is 0 Å². The first kappa shape index (κ1) is 6.53. The first-order valence-electron chi connectivity index (χ1n) is 2.51. The number of nitrogens with zero attached hydrogens (tertiary/aromatic N) is 3. The summed E-state index contributed by atoms with van der Waals surface area (Å²) in [5.74, 6) is -0.218.